The molecular formula is C28H34N2O6. The number of Topliss-reactive ketones (excluding diaryl/α,β-unsaturated/α-hetero) is 1. The van der Waals surface area contributed by atoms with E-state index in [0.29, 0.717) is 44.2 Å². The summed E-state index contributed by atoms with van der Waals surface area (Å²) in [5.41, 5.74) is 2.14. The summed E-state index contributed by atoms with van der Waals surface area (Å²) in [7, 11) is 1.58. The SMILES string of the molecule is CCCOc1ccc(/C(O)=C2/C(=O)C(=O)N(CCN3CCOCC3)C2c2ccc(OC)cc2)cc1C. The van der Waals surface area contributed by atoms with Crippen molar-refractivity contribution in [3.63, 3.8) is 0 Å². The fraction of sp³-hybridized carbons (Fsp3) is 0.429. The fourth-order valence-corrected chi connectivity index (χ4v) is 4.64. The van der Waals surface area contributed by atoms with E-state index < -0.39 is 17.7 Å². The predicted molar refractivity (Wildman–Crippen MR) is 136 cm³/mol. The number of carbonyl (C=O) groups is 2. The third kappa shape index (κ3) is 5.39. The van der Waals surface area contributed by atoms with Crippen LogP contribution in [0.3, 0.4) is 0 Å². The second kappa shape index (κ2) is 11.6. The van der Waals surface area contributed by atoms with E-state index in [2.05, 4.69) is 4.90 Å². The Bertz CT molecular complexity index is 1120. The third-order valence-corrected chi connectivity index (χ3v) is 6.64. The molecule has 0 aromatic heterocycles. The van der Waals surface area contributed by atoms with Gasteiger partial charge in [0.25, 0.3) is 11.7 Å². The van der Waals surface area contributed by atoms with Crippen LogP contribution in [-0.2, 0) is 14.3 Å². The quantitative estimate of drug-likeness (QED) is 0.324. The maximum Gasteiger partial charge on any atom is 0.295 e. The largest absolute Gasteiger partial charge is 0.507 e. The Morgan fingerprint density at radius 1 is 1.08 bits per heavy atom. The Labute approximate surface area is 212 Å². The van der Waals surface area contributed by atoms with Gasteiger partial charge in [0.05, 0.1) is 38.5 Å². The number of aryl methyl sites for hydroxylation is 1. The zero-order valence-electron chi connectivity index (χ0n) is 21.2. The molecule has 0 bridgehead atoms. The topological polar surface area (TPSA) is 88.5 Å². The molecule has 0 saturated carbocycles. The fourth-order valence-electron chi connectivity index (χ4n) is 4.64. The standard InChI is InChI=1S/C28H34N2O6/c1-4-15-36-23-10-7-21(18-19(23)2)26(31)24-25(20-5-8-22(34-3)9-6-20)30(28(33)27(24)32)12-11-29-13-16-35-17-14-29/h5-10,18,25,31H,4,11-17H2,1-3H3/b26-24-. The van der Waals surface area contributed by atoms with Crippen LogP contribution in [-0.4, -0.2) is 79.7 Å². The van der Waals surface area contributed by atoms with Crippen molar-refractivity contribution < 1.29 is 28.9 Å². The number of aliphatic hydroxyl groups excluding tert-OH is 1. The van der Waals surface area contributed by atoms with Gasteiger partial charge in [0, 0.05) is 31.7 Å². The van der Waals surface area contributed by atoms with Crippen LogP contribution < -0.4 is 9.47 Å². The zero-order chi connectivity index (χ0) is 25.7. The number of methoxy groups -OCH3 is 1. The van der Waals surface area contributed by atoms with Crippen LogP contribution in [0.25, 0.3) is 5.76 Å². The van der Waals surface area contributed by atoms with Crippen molar-refractivity contribution in [2.24, 2.45) is 0 Å². The summed E-state index contributed by atoms with van der Waals surface area (Å²) in [4.78, 5) is 30.3. The molecule has 2 aromatic rings. The normalized spacial score (nSPS) is 20.1. The minimum atomic E-state index is -0.701. The van der Waals surface area contributed by atoms with Crippen molar-refractivity contribution in [1.82, 2.24) is 9.80 Å². The highest BCUT2D eigenvalue weighted by atomic mass is 16.5. The van der Waals surface area contributed by atoms with Crippen molar-refractivity contribution in [3.05, 3.63) is 64.7 Å². The van der Waals surface area contributed by atoms with Crippen LogP contribution in [0.1, 0.15) is 36.1 Å². The van der Waals surface area contributed by atoms with Gasteiger partial charge in [0.1, 0.15) is 17.3 Å². The van der Waals surface area contributed by atoms with Crippen molar-refractivity contribution in [3.8, 4) is 11.5 Å². The average Bonchev–Trinajstić information content (AvgIpc) is 3.16. The first kappa shape index (κ1) is 25.7. The summed E-state index contributed by atoms with van der Waals surface area (Å²) in [5.74, 6) is -0.0777. The van der Waals surface area contributed by atoms with Crippen LogP contribution in [0.2, 0.25) is 0 Å². The van der Waals surface area contributed by atoms with Gasteiger partial charge in [-0.1, -0.05) is 19.1 Å². The molecule has 2 fully saturated rings. The Morgan fingerprint density at radius 3 is 2.44 bits per heavy atom. The number of aliphatic hydroxyl groups is 1. The van der Waals surface area contributed by atoms with E-state index in [4.69, 9.17) is 14.2 Å². The number of nitrogens with zero attached hydrogens (tertiary/aromatic N) is 2. The smallest absolute Gasteiger partial charge is 0.295 e. The predicted octanol–water partition coefficient (Wildman–Crippen LogP) is 3.55. The van der Waals surface area contributed by atoms with E-state index in [-0.39, 0.29) is 11.3 Å². The van der Waals surface area contributed by atoms with Gasteiger partial charge in [-0.2, -0.15) is 0 Å². The summed E-state index contributed by atoms with van der Waals surface area (Å²) >= 11 is 0. The highest BCUT2D eigenvalue weighted by Crippen LogP contribution is 2.40. The van der Waals surface area contributed by atoms with Crippen molar-refractivity contribution in [2.45, 2.75) is 26.3 Å². The number of ether oxygens (including phenoxy) is 3. The molecule has 0 aliphatic carbocycles. The molecule has 1 atom stereocenters. The number of hydrogen-bond donors (Lipinski definition) is 1. The minimum Gasteiger partial charge on any atom is -0.507 e. The Hall–Kier alpha value is -3.36. The number of amides is 1. The number of morpholine rings is 1. The molecule has 2 heterocycles. The minimum absolute atomic E-state index is 0.0915. The zero-order valence-corrected chi connectivity index (χ0v) is 21.2. The highest BCUT2D eigenvalue weighted by molar-refractivity contribution is 6.46. The van der Waals surface area contributed by atoms with E-state index in [1.165, 1.54) is 0 Å². The molecule has 1 N–H and O–H groups in total. The highest BCUT2D eigenvalue weighted by Gasteiger charge is 2.46. The molecule has 8 heteroatoms. The van der Waals surface area contributed by atoms with Gasteiger partial charge in [0.15, 0.2) is 0 Å². The van der Waals surface area contributed by atoms with Gasteiger partial charge in [-0.05, 0) is 54.8 Å². The lowest BCUT2D eigenvalue weighted by Gasteiger charge is -2.31. The lowest BCUT2D eigenvalue weighted by atomic mass is 9.94. The molecule has 2 aliphatic heterocycles. The van der Waals surface area contributed by atoms with Gasteiger partial charge in [-0.3, -0.25) is 14.5 Å². The first-order chi connectivity index (χ1) is 17.4. The molecule has 2 aliphatic rings. The maximum atomic E-state index is 13.3. The van der Waals surface area contributed by atoms with Crippen LogP contribution >= 0.6 is 0 Å². The molecule has 0 spiro atoms. The van der Waals surface area contributed by atoms with Crippen molar-refractivity contribution in [2.75, 3.05) is 53.1 Å². The molecule has 2 saturated heterocycles. The second-order valence-electron chi connectivity index (χ2n) is 9.05. The van der Waals surface area contributed by atoms with Gasteiger partial charge in [-0.15, -0.1) is 0 Å². The molecule has 0 radical (unpaired) electrons. The second-order valence-corrected chi connectivity index (χ2v) is 9.05. The molecule has 1 amide bonds. The van der Waals surface area contributed by atoms with Gasteiger partial charge >= 0.3 is 0 Å². The lowest BCUT2D eigenvalue weighted by molar-refractivity contribution is -0.140. The Balaban J connectivity index is 1.71. The summed E-state index contributed by atoms with van der Waals surface area (Å²) < 4.78 is 16.5. The third-order valence-electron chi connectivity index (χ3n) is 6.64. The molecule has 8 nitrogen and oxygen atoms in total. The summed E-state index contributed by atoms with van der Waals surface area (Å²) in [6.07, 6.45) is 0.886. The molecule has 4 rings (SSSR count). The van der Waals surface area contributed by atoms with Gasteiger partial charge in [0.2, 0.25) is 0 Å². The van der Waals surface area contributed by atoms with Gasteiger partial charge in [-0.25, -0.2) is 0 Å². The van der Waals surface area contributed by atoms with E-state index in [1.807, 2.05) is 26.0 Å². The number of ketones is 1. The Kier molecular flexibility index (Phi) is 8.28. The summed E-state index contributed by atoms with van der Waals surface area (Å²) in [5, 5.41) is 11.4. The molecule has 2 aromatic carbocycles. The number of likely N-dealkylation sites (tertiary alicyclic amines) is 1. The lowest BCUT2D eigenvalue weighted by Crippen LogP contribution is -2.42. The van der Waals surface area contributed by atoms with Crippen LogP contribution in [0.5, 0.6) is 11.5 Å². The maximum absolute atomic E-state index is 13.3. The molecule has 192 valence electrons. The number of rotatable bonds is 9. The van der Waals surface area contributed by atoms with E-state index >= 15 is 0 Å². The Morgan fingerprint density at radius 2 is 1.81 bits per heavy atom. The first-order valence-corrected chi connectivity index (χ1v) is 12.4. The number of hydrogen-bond acceptors (Lipinski definition) is 7. The van der Waals surface area contributed by atoms with Crippen LogP contribution in [0, 0.1) is 6.92 Å². The van der Waals surface area contributed by atoms with E-state index in [1.54, 1.807) is 42.3 Å². The molecular weight excluding hydrogens is 460 g/mol. The average molecular weight is 495 g/mol. The van der Waals surface area contributed by atoms with Gasteiger partial charge < -0.3 is 24.2 Å². The molecule has 36 heavy (non-hydrogen) atoms. The van der Waals surface area contributed by atoms with E-state index in [9.17, 15) is 14.7 Å². The summed E-state index contributed by atoms with van der Waals surface area (Å²) in [6, 6.07) is 11.8. The van der Waals surface area contributed by atoms with Crippen LogP contribution in [0.15, 0.2) is 48.0 Å². The van der Waals surface area contributed by atoms with Crippen LogP contribution in [0.4, 0.5) is 0 Å². The molecule has 1 unspecified atom stereocenters. The number of benzene rings is 2. The van der Waals surface area contributed by atoms with Crippen molar-refractivity contribution >= 4 is 17.4 Å². The summed E-state index contributed by atoms with van der Waals surface area (Å²) in [6.45, 7) is 8.36. The monoisotopic (exact) mass is 494 g/mol. The van der Waals surface area contributed by atoms with Crippen molar-refractivity contribution in [1.29, 1.82) is 0 Å². The van der Waals surface area contributed by atoms with E-state index in [0.717, 1.165) is 36.4 Å². The number of carbonyl (C=O) groups excluding carboxylic acids is 2. The first-order valence-electron chi connectivity index (χ1n) is 12.4.